The number of thiophene rings is 1. The lowest BCUT2D eigenvalue weighted by Gasteiger charge is -2.09. The molecule has 0 aliphatic heterocycles. The largest absolute Gasteiger partial charge is 0.299 e. The number of carbonyl (C=O) groups excluding carboxylic acids is 1. The van der Waals surface area contributed by atoms with Crippen molar-refractivity contribution in [3.63, 3.8) is 0 Å². The zero-order chi connectivity index (χ0) is 11.4. The Morgan fingerprint density at radius 2 is 1.94 bits per heavy atom. The highest BCUT2D eigenvalue weighted by Crippen LogP contribution is 2.19. The molecule has 0 spiro atoms. The molecule has 2 aromatic rings. The first kappa shape index (κ1) is 11.1. The molecule has 1 unspecified atom stereocenters. The molecule has 0 N–H and O–H groups in total. The van der Waals surface area contributed by atoms with E-state index in [-0.39, 0.29) is 11.7 Å². The van der Waals surface area contributed by atoms with Gasteiger partial charge in [-0.2, -0.15) is 0 Å². The van der Waals surface area contributed by atoms with Crippen LogP contribution in [0.4, 0.5) is 0 Å². The Labute approximate surface area is 99.8 Å². The fraction of sp³-hybridized carbons (Fsp3) is 0.214. The van der Waals surface area contributed by atoms with E-state index in [2.05, 4.69) is 0 Å². The number of benzene rings is 1. The van der Waals surface area contributed by atoms with Crippen molar-refractivity contribution >= 4 is 17.1 Å². The van der Waals surface area contributed by atoms with Gasteiger partial charge in [-0.1, -0.05) is 43.3 Å². The van der Waals surface area contributed by atoms with Crippen molar-refractivity contribution in [2.24, 2.45) is 0 Å². The highest BCUT2D eigenvalue weighted by molar-refractivity contribution is 7.10. The number of rotatable bonds is 4. The molecule has 1 heterocycles. The van der Waals surface area contributed by atoms with Gasteiger partial charge in [-0.05, 0) is 17.0 Å². The molecule has 1 aromatic heterocycles. The van der Waals surface area contributed by atoms with E-state index in [1.807, 2.05) is 54.8 Å². The first-order chi connectivity index (χ1) is 7.77. The van der Waals surface area contributed by atoms with E-state index in [4.69, 9.17) is 0 Å². The minimum atomic E-state index is -0.0108. The van der Waals surface area contributed by atoms with Crippen LogP contribution in [0.15, 0.2) is 47.8 Å². The summed E-state index contributed by atoms with van der Waals surface area (Å²) in [5.74, 6) is 0.275. The molecule has 0 aliphatic rings. The lowest BCUT2D eigenvalue weighted by molar-refractivity contribution is -0.119. The summed E-state index contributed by atoms with van der Waals surface area (Å²) in [6.07, 6.45) is 0.549. The quantitative estimate of drug-likeness (QED) is 0.783. The zero-order valence-electron chi connectivity index (χ0n) is 9.22. The fourth-order valence-electron chi connectivity index (χ4n) is 1.67. The van der Waals surface area contributed by atoms with Crippen molar-refractivity contribution in [3.8, 4) is 0 Å². The van der Waals surface area contributed by atoms with Crippen LogP contribution in [0.3, 0.4) is 0 Å². The molecular formula is C14H14OS. The first-order valence-corrected chi connectivity index (χ1v) is 6.25. The lowest BCUT2D eigenvalue weighted by atomic mass is 9.95. The van der Waals surface area contributed by atoms with Crippen molar-refractivity contribution < 1.29 is 4.79 Å². The minimum Gasteiger partial charge on any atom is -0.299 e. The highest BCUT2D eigenvalue weighted by atomic mass is 32.1. The Kier molecular flexibility index (Phi) is 3.52. The average Bonchev–Trinajstić information content (AvgIpc) is 2.82. The predicted octanol–water partition coefficient (Wildman–Crippen LogP) is 3.66. The van der Waals surface area contributed by atoms with E-state index in [0.29, 0.717) is 6.42 Å². The molecule has 0 aliphatic carbocycles. The van der Waals surface area contributed by atoms with Crippen LogP contribution in [0.5, 0.6) is 0 Å². The average molecular weight is 230 g/mol. The number of Topliss-reactive ketones (excluding diaryl/α,β-unsaturated/α-hetero) is 1. The maximum atomic E-state index is 12.0. The van der Waals surface area contributed by atoms with Crippen molar-refractivity contribution in [2.45, 2.75) is 19.3 Å². The molecular weight excluding hydrogens is 216 g/mol. The van der Waals surface area contributed by atoms with Crippen molar-refractivity contribution in [2.75, 3.05) is 0 Å². The Morgan fingerprint density at radius 3 is 2.56 bits per heavy atom. The standard InChI is InChI=1S/C14H14OS/c1-11(12-6-3-2-4-7-12)14(15)10-13-8-5-9-16-13/h2-9,11H,10H2,1H3. The number of hydrogen-bond acceptors (Lipinski definition) is 2. The molecule has 0 saturated heterocycles. The zero-order valence-corrected chi connectivity index (χ0v) is 10.0. The van der Waals surface area contributed by atoms with E-state index in [1.54, 1.807) is 11.3 Å². The first-order valence-electron chi connectivity index (χ1n) is 5.37. The van der Waals surface area contributed by atoms with E-state index in [1.165, 1.54) is 0 Å². The van der Waals surface area contributed by atoms with E-state index in [9.17, 15) is 4.79 Å². The van der Waals surface area contributed by atoms with Crippen molar-refractivity contribution in [1.29, 1.82) is 0 Å². The molecule has 0 bridgehead atoms. The molecule has 1 atom stereocenters. The van der Waals surface area contributed by atoms with Gasteiger partial charge in [-0.3, -0.25) is 4.79 Å². The molecule has 82 valence electrons. The topological polar surface area (TPSA) is 17.1 Å². The molecule has 1 aromatic carbocycles. The lowest BCUT2D eigenvalue weighted by Crippen LogP contribution is -2.11. The van der Waals surface area contributed by atoms with Gasteiger partial charge in [-0.25, -0.2) is 0 Å². The summed E-state index contributed by atoms with van der Waals surface area (Å²) in [5, 5.41) is 2.01. The molecule has 0 radical (unpaired) electrons. The fourth-order valence-corrected chi connectivity index (χ4v) is 2.38. The van der Waals surface area contributed by atoms with Gasteiger partial charge in [0.15, 0.2) is 0 Å². The molecule has 0 saturated carbocycles. The number of hydrogen-bond donors (Lipinski definition) is 0. The highest BCUT2D eigenvalue weighted by Gasteiger charge is 2.15. The second-order valence-corrected chi connectivity index (χ2v) is 4.89. The molecule has 2 rings (SSSR count). The summed E-state index contributed by atoms with van der Waals surface area (Å²) in [5.41, 5.74) is 1.10. The predicted molar refractivity (Wildman–Crippen MR) is 67.9 cm³/mol. The van der Waals surface area contributed by atoms with E-state index in [0.717, 1.165) is 10.4 Å². The van der Waals surface area contributed by atoms with Crippen molar-refractivity contribution in [3.05, 3.63) is 58.3 Å². The van der Waals surface area contributed by atoms with Gasteiger partial charge in [0.05, 0.1) is 0 Å². The summed E-state index contributed by atoms with van der Waals surface area (Å²) in [6, 6.07) is 13.9. The Bertz CT molecular complexity index is 445. The Balaban J connectivity index is 2.05. The maximum absolute atomic E-state index is 12.0. The van der Waals surface area contributed by atoms with Crippen LogP contribution < -0.4 is 0 Å². The van der Waals surface area contributed by atoms with Gasteiger partial charge in [0, 0.05) is 17.2 Å². The van der Waals surface area contributed by atoms with Crippen LogP contribution >= 0.6 is 11.3 Å². The smallest absolute Gasteiger partial charge is 0.145 e. The Morgan fingerprint density at radius 1 is 1.19 bits per heavy atom. The third-order valence-corrected chi connectivity index (χ3v) is 3.59. The summed E-state index contributed by atoms with van der Waals surface area (Å²) in [4.78, 5) is 13.2. The summed E-state index contributed by atoms with van der Waals surface area (Å²) in [6.45, 7) is 1.98. The monoisotopic (exact) mass is 230 g/mol. The van der Waals surface area contributed by atoms with Gasteiger partial charge in [0.1, 0.15) is 5.78 Å². The summed E-state index contributed by atoms with van der Waals surface area (Å²) in [7, 11) is 0. The minimum absolute atomic E-state index is 0.0108. The Hall–Kier alpha value is -1.41. The molecule has 2 heteroatoms. The molecule has 16 heavy (non-hydrogen) atoms. The maximum Gasteiger partial charge on any atom is 0.145 e. The van der Waals surface area contributed by atoms with Gasteiger partial charge in [-0.15, -0.1) is 11.3 Å². The van der Waals surface area contributed by atoms with Crippen molar-refractivity contribution in [1.82, 2.24) is 0 Å². The third-order valence-electron chi connectivity index (χ3n) is 2.71. The van der Waals surface area contributed by atoms with Crippen LogP contribution in [-0.4, -0.2) is 5.78 Å². The van der Waals surface area contributed by atoms with Crippen LogP contribution in [0.2, 0.25) is 0 Å². The van der Waals surface area contributed by atoms with E-state index >= 15 is 0 Å². The summed E-state index contributed by atoms with van der Waals surface area (Å²) < 4.78 is 0. The molecule has 1 nitrogen and oxygen atoms in total. The van der Waals surface area contributed by atoms with Crippen LogP contribution in [0.1, 0.15) is 23.3 Å². The van der Waals surface area contributed by atoms with Gasteiger partial charge in [0.2, 0.25) is 0 Å². The molecule has 0 amide bonds. The molecule has 0 fully saturated rings. The van der Waals surface area contributed by atoms with Gasteiger partial charge >= 0.3 is 0 Å². The van der Waals surface area contributed by atoms with E-state index < -0.39 is 0 Å². The van der Waals surface area contributed by atoms with Gasteiger partial charge < -0.3 is 0 Å². The van der Waals surface area contributed by atoms with Crippen LogP contribution in [0, 0.1) is 0 Å². The van der Waals surface area contributed by atoms with Crippen LogP contribution in [0.25, 0.3) is 0 Å². The third kappa shape index (κ3) is 2.58. The summed E-state index contributed by atoms with van der Waals surface area (Å²) >= 11 is 1.64. The number of carbonyl (C=O) groups is 1. The second-order valence-electron chi connectivity index (χ2n) is 3.85. The second kappa shape index (κ2) is 5.08. The van der Waals surface area contributed by atoms with Crippen LogP contribution in [-0.2, 0) is 11.2 Å². The SMILES string of the molecule is CC(C(=O)Cc1cccs1)c1ccccc1. The van der Waals surface area contributed by atoms with Gasteiger partial charge in [0.25, 0.3) is 0 Å². The normalized spacial score (nSPS) is 12.3. The number of ketones is 1.